The van der Waals surface area contributed by atoms with Crippen molar-refractivity contribution >= 4 is 26.6 Å². The first-order chi connectivity index (χ1) is 10.8. The van der Waals surface area contributed by atoms with E-state index in [0.29, 0.717) is 17.3 Å². The zero-order chi connectivity index (χ0) is 16.7. The Morgan fingerprint density at radius 1 is 1.39 bits per heavy atom. The Kier molecular flexibility index (Phi) is 3.71. The van der Waals surface area contributed by atoms with Crippen LogP contribution in [-0.4, -0.2) is 40.9 Å². The lowest BCUT2D eigenvalue weighted by atomic mass is 10.0. The van der Waals surface area contributed by atoms with Crippen LogP contribution in [0.5, 0.6) is 0 Å². The smallest absolute Gasteiger partial charge is 0.261 e. The van der Waals surface area contributed by atoms with E-state index in [1.54, 1.807) is 31.2 Å². The topological polar surface area (TPSA) is 98.1 Å². The molecule has 2 aromatic rings. The average molecular weight is 335 g/mol. The summed E-state index contributed by atoms with van der Waals surface area (Å²) in [5.41, 5.74) is -0.498. The standard InChI is InChI=1S/C15H17N3O4S/c1-15(6-7-23(21,22)9-15)17-13(19)8-18-10-16-12-5-3-2-4-11(12)14(18)20/h2-5,10H,6-9H2,1H3,(H,17,19)/t15-/m0/s1. The van der Waals surface area contributed by atoms with Crippen LogP contribution in [0.25, 0.3) is 10.9 Å². The van der Waals surface area contributed by atoms with Crippen LogP contribution < -0.4 is 10.9 Å². The fourth-order valence-corrected chi connectivity index (χ4v) is 4.95. The molecule has 0 bridgehead atoms. The molecule has 8 heteroatoms. The first-order valence-corrected chi connectivity index (χ1v) is 9.06. The second kappa shape index (κ2) is 5.45. The lowest BCUT2D eigenvalue weighted by Gasteiger charge is -2.24. The van der Waals surface area contributed by atoms with E-state index in [0.717, 1.165) is 0 Å². The molecule has 7 nitrogen and oxygen atoms in total. The lowest BCUT2D eigenvalue weighted by molar-refractivity contribution is -0.123. The molecule has 0 unspecified atom stereocenters. The zero-order valence-corrected chi connectivity index (χ0v) is 13.5. The van der Waals surface area contributed by atoms with Gasteiger partial charge in [0.15, 0.2) is 9.84 Å². The van der Waals surface area contributed by atoms with Crippen molar-refractivity contribution < 1.29 is 13.2 Å². The molecule has 23 heavy (non-hydrogen) atoms. The lowest BCUT2D eigenvalue weighted by Crippen LogP contribution is -2.48. The molecule has 1 N–H and O–H groups in total. The van der Waals surface area contributed by atoms with Crippen LogP contribution in [0.15, 0.2) is 35.4 Å². The van der Waals surface area contributed by atoms with E-state index >= 15 is 0 Å². The van der Waals surface area contributed by atoms with Crippen molar-refractivity contribution in [2.24, 2.45) is 0 Å². The highest BCUT2D eigenvalue weighted by atomic mass is 32.2. The van der Waals surface area contributed by atoms with Gasteiger partial charge in [0.25, 0.3) is 5.56 Å². The molecule has 3 rings (SSSR count). The molecule has 0 radical (unpaired) electrons. The largest absolute Gasteiger partial charge is 0.348 e. The van der Waals surface area contributed by atoms with Gasteiger partial charge in [0.1, 0.15) is 6.54 Å². The molecule has 1 amide bonds. The van der Waals surface area contributed by atoms with Gasteiger partial charge < -0.3 is 5.32 Å². The van der Waals surface area contributed by atoms with E-state index in [2.05, 4.69) is 10.3 Å². The molecule has 1 fully saturated rings. The molecule has 1 saturated heterocycles. The van der Waals surface area contributed by atoms with Crippen LogP contribution in [-0.2, 0) is 21.2 Å². The molecule has 0 aliphatic carbocycles. The third-order valence-electron chi connectivity index (χ3n) is 3.99. The molecule has 1 aliphatic rings. The van der Waals surface area contributed by atoms with Gasteiger partial charge in [-0.3, -0.25) is 14.2 Å². The molecule has 1 aliphatic heterocycles. The van der Waals surface area contributed by atoms with Crippen molar-refractivity contribution in [3.8, 4) is 0 Å². The molecule has 0 saturated carbocycles. The predicted molar refractivity (Wildman–Crippen MR) is 85.8 cm³/mol. The molecular formula is C15H17N3O4S. The summed E-state index contributed by atoms with van der Waals surface area (Å²) in [6.45, 7) is 1.52. The molecular weight excluding hydrogens is 318 g/mol. The Morgan fingerprint density at radius 2 is 2.13 bits per heavy atom. The third kappa shape index (κ3) is 3.26. The van der Waals surface area contributed by atoms with Gasteiger partial charge in [-0.1, -0.05) is 12.1 Å². The molecule has 2 heterocycles. The predicted octanol–water partition coefficient (Wildman–Crippen LogP) is 0.0899. The number of nitrogens with zero attached hydrogens (tertiary/aromatic N) is 2. The number of aromatic nitrogens is 2. The highest BCUT2D eigenvalue weighted by Gasteiger charge is 2.39. The van der Waals surface area contributed by atoms with Crippen LogP contribution >= 0.6 is 0 Å². The fraction of sp³-hybridized carbons (Fsp3) is 0.400. The van der Waals surface area contributed by atoms with Crippen LogP contribution in [0.3, 0.4) is 0 Å². The maximum Gasteiger partial charge on any atom is 0.261 e. The van der Waals surface area contributed by atoms with Crippen molar-refractivity contribution in [3.05, 3.63) is 40.9 Å². The first kappa shape index (κ1) is 15.7. The summed E-state index contributed by atoms with van der Waals surface area (Å²) in [6, 6.07) is 6.91. The Morgan fingerprint density at radius 3 is 2.83 bits per heavy atom. The molecule has 0 spiro atoms. The SMILES string of the molecule is C[C@]1(NC(=O)Cn2cnc3ccccc3c2=O)CCS(=O)(=O)C1. The summed E-state index contributed by atoms with van der Waals surface area (Å²) < 4.78 is 24.4. The maximum absolute atomic E-state index is 12.3. The summed E-state index contributed by atoms with van der Waals surface area (Å²) in [5.74, 6) is -0.401. The number of amides is 1. The molecule has 1 aromatic heterocycles. The highest BCUT2D eigenvalue weighted by Crippen LogP contribution is 2.22. The number of rotatable bonds is 3. The number of hydrogen-bond acceptors (Lipinski definition) is 5. The number of nitrogens with one attached hydrogen (secondary N) is 1. The second-order valence-electron chi connectivity index (χ2n) is 6.15. The van der Waals surface area contributed by atoms with Gasteiger partial charge >= 0.3 is 0 Å². The van der Waals surface area contributed by atoms with Crippen LogP contribution in [0.2, 0.25) is 0 Å². The van der Waals surface area contributed by atoms with E-state index in [-0.39, 0.29) is 23.6 Å². The van der Waals surface area contributed by atoms with Crippen molar-refractivity contribution in [2.75, 3.05) is 11.5 Å². The van der Waals surface area contributed by atoms with Gasteiger partial charge in [-0.2, -0.15) is 0 Å². The number of carbonyl (C=O) groups is 1. The Labute approximate surface area is 133 Å². The van der Waals surface area contributed by atoms with E-state index in [1.165, 1.54) is 10.9 Å². The third-order valence-corrected chi connectivity index (χ3v) is 5.89. The number of benzene rings is 1. The van der Waals surface area contributed by atoms with Crippen LogP contribution in [0.1, 0.15) is 13.3 Å². The minimum atomic E-state index is -3.10. The normalized spacial score (nSPS) is 23.0. The Bertz CT molecular complexity index is 935. The van der Waals surface area contributed by atoms with Crippen LogP contribution in [0.4, 0.5) is 0 Å². The van der Waals surface area contributed by atoms with Crippen molar-refractivity contribution in [3.63, 3.8) is 0 Å². The highest BCUT2D eigenvalue weighted by molar-refractivity contribution is 7.91. The van der Waals surface area contributed by atoms with E-state index in [4.69, 9.17) is 0 Å². The summed E-state index contributed by atoms with van der Waals surface area (Å²) in [4.78, 5) is 28.7. The Balaban J connectivity index is 1.79. The molecule has 122 valence electrons. The summed E-state index contributed by atoms with van der Waals surface area (Å²) in [5, 5.41) is 3.17. The fourth-order valence-electron chi connectivity index (χ4n) is 2.86. The minimum Gasteiger partial charge on any atom is -0.348 e. The van der Waals surface area contributed by atoms with E-state index < -0.39 is 21.3 Å². The van der Waals surface area contributed by atoms with E-state index in [9.17, 15) is 18.0 Å². The summed E-state index contributed by atoms with van der Waals surface area (Å²) in [7, 11) is -3.10. The van der Waals surface area contributed by atoms with Crippen molar-refractivity contribution in [1.29, 1.82) is 0 Å². The number of sulfone groups is 1. The van der Waals surface area contributed by atoms with E-state index in [1.807, 2.05) is 0 Å². The summed E-state index contributed by atoms with van der Waals surface area (Å²) >= 11 is 0. The van der Waals surface area contributed by atoms with Gasteiger partial charge in [-0.05, 0) is 25.5 Å². The van der Waals surface area contributed by atoms with Crippen molar-refractivity contribution in [1.82, 2.24) is 14.9 Å². The van der Waals surface area contributed by atoms with Gasteiger partial charge in [0.2, 0.25) is 5.91 Å². The maximum atomic E-state index is 12.3. The summed E-state index contributed by atoms with van der Waals surface area (Å²) in [6.07, 6.45) is 1.71. The monoisotopic (exact) mass is 335 g/mol. The first-order valence-electron chi connectivity index (χ1n) is 7.24. The Hall–Kier alpha value is -2.22. The minimum absolute atomic E-state index is 0.0707. The molecule has 1 atom stereocenters. The quantitative estimate of drug-likeness (QED) is 0.857. The zero-order valence-electron chi connectivity index (χ0n) is 12.7. The average Bonchev–Trinajstić information content (AvgIpc) is 2.75. The number of fused-ring (bicyclic) bond motifs is 1. The van der Waals surface area contributed by atoms with Crippen LogP contribution in [0, 0.1) is 0 Å². The van der Waals surface area contributed by atoms with Gasteiger partial charge in [0, 0.05) is 0 Å². The number of para-hydroxylation sites is 1. The molecule has 1 aromatic carbocycles. The van der Waals surface area contributed by atoms with Gasteiger partial charge in [-0.25, -0.2) is 13.4 Å². The number of hydrogen-bond donors (Lipinski definition) is 1. The number of carbonyl (C=O) groups excluding carboxylic acids is 1. The second-order valence-corrected chi connectivity index (χ2v) is 8.33. The van der Waals surface area contributed by atoms with Gasteiger partial charge in [0.05, 0.1) is 34.3 Å². The van der Waals surface area contributed by atoms with Crippen molar-refractivity contribution in [2.45, 2.75) is 25.4 Å². The van der Waals surface area contributed by atoms with Gasteiger partial charge in [-0.15, -0.1) is 0 Å².